The maximum atomic E-state index is 12.2. The van der Waals surface area contributed by atoms with Crippen LogP contribution in [0.3, 0.4) is 0 Å². The summed E-state index contributed by atoms with van der Waals surface area (Å²) in [6, 6.07) is 10.3. The molecule has 5 nitrogen and oxygen atoms in total. The van der Waals surface area contributed by atoms with E-state index in [0.29, 0.717) is 0 Å². The zero-order chi connectivity index (χ0) is 19.0. The predicted octanol–water partition coefficient (Wildman–Crippen LogP) is 3.13. The van der Waals surface area contributed by atoms with E-state index in [0.717, 1.165) is 11.3 Å². The quantitative estimate of drug-likeness (QED) is 0.447. The number of aryl methyl sites for hydroxylation is 1. The summed E-state index contributed by atoms with van der Waals surface area (Å²) in [7, 11) is 3.75. The van der Waals surface area contributed by atoms with Crippen molar-refractivity contribution in [1.82, 2.24) is 0 Å². The lowest BCUT2D eigenvalue weighted by Crippen LogP contribution is -2.22. The Balaban J connectivity index is 2.89. The van der Waals surface area contributed by atoms with Gasteiger partial charge in [0.15, 0.2) is 6.61 Å². The Morgan fingerprint density at radius 1 is 1.16 bits per heavy atom. The van der Waals surface area contributed by atoms with E-state index >= 15 is 0 Å². The van der Waals surface area contributed by atoms with E-state index in [1.165, 1.54) is 12.1 Å². The number of hydrogen-bond acceptors (Lipinski definition) is 5. The smallest absolute Gasteiger partial charge is 0.422 e. The molecule has 1 rings (SSSR count). The highest BCUT2D eigenvalue weighted by atomic mass is 19.4. The molecule has 0 atom stereocenters. The molecular weight excluding hydrogens is 335 g/mol. The zero-order valence-electron chi connectivity index (χ0n) is 13.7. The molecule has 0 saturated heterocycles. The lowest BCUT2D eigenvalue weighted by Gasteiger charge is -2.13. The topological polar surface area (TPSA) is 77.1 Å². The van der Waals surface area contributed by atoms with Gasteiger partial charge >= 0.3 is 12.1 Å². The minimum atomic E-state index is -4.68. The second-order valence-electron chi connectivity index (χ2n) is 5.33. The van der Waals surface area contributed by atoms with Gasteiger partial charge in [0.1, 0.15) is 17.7 Å². The van der Waals surface area contributed by atoms with Crippen LogP contribution in [0.1, 0.15) is 12.0 Å². The minimum absolute atomic E-state index is 0.0749. The van der Waals surface area contributed by atoms with Crippen LogP contribution in [0.25, 0.3) is 0 Å². The molecule has 0 aliphatic heterocycles. The molecule has 1 aromatic carbocycles. The first-order valence-corrected chi connectivity index (χ1v) is 7.21. The third kappa shape index (κ3) is 6.56. The number of alkyl halides is 3. The van der Waals surface area contributed by atoms with E-state index in [2.05, 4.69) is 4.74 Å². The van der Waals surface area contributed by atoms with Crippen LogP contribution >= 0.6 is 0 Å². The number of halogens is 3. The molecule has 0 saturated carbocycles. The number of nitriles is 2. The molecule has 0 fully saturated rings. The number of carbonyl (C=O) groups is 1. The highest BCUT2D eigenvalue weighted by Gasteiger charge is 2.30. The number of benzene rings is 1. The van der Waals surface area contributed by atoms with Gasteiger partial charge < -0.3 is 9.64 Å². The first-order valence-electron chi connectivity index (χ1n) is 7.21. The second kappa shape index (κ2) is 8.74. The lowest BCUT2D eigenvalue weighted by atomic mass is 10.0. The summed E-state index contributed by atoms with van der Waals surface area (Å²) in [6.07, 6.45) is -4.48. The monoisotopic (exact) mass is 351 g/mol. The molecule has 0 aromatic heterocycles. The van der Waals surface area contributed by atoms with E-state index in [-0.39, 0.29) is 18.4 Å². The Bertz CT molecular complexity index is 707. The zero-order valence-corrected chi connectivity index (χ0v) is 13.7. The number of nitrogens with zero attached hydrogens (tertiary/aromatic N) is 3. The summed E-state index contributed by atoms with van der Waals surface area (Å²) >= 11 is 0. The van der Waals surface area contributed by atoms with Crippen LogP contribution < -0.4 is 4.90 Å². The minimum Gasteiger partial charge on any atom is -0.453 e. The Labute approximate surface area is 143 Å². The molecule has 0 spiro atoms. The molecule has 0 N–H and O–H groups in total. The molecule has 0 bridgehead atoms. The second-order valence-corrected chi connectivity index (χ2v) is 5.33. The molecule has 0 aliphatic rings. The van der Waals surface area contributed by atoms with Gasteiger partial charge in [0.2, 0.25) is 0 Å². The number of rotatable bonds is 6. The molecule has 0 amide bonds. The van der Waals surface area contributed by atoms with Crippen LogP contribution in [-0.2, 0) is 16.0 Å². The van der Waals surface area contributed by atoms with Gasteiger partial charge in [-0.15, -0.1) is 0 Å². The van der Waals surface area contributed by atoms with Crippen LogP contribution in [-0.4, -0.2) is 32.8 Å². The van der Waals surface area contributed by atoms with Gasteiger partial charge in [-0.25, -0.2) is 4.79 Å². The van der Waals surface area contributed by atoms with Crippen LogP contribution in [0, 0.1) is 22.7 Å². The summed E-state index contributed by atoms with van der Waals surface area (Å²) in [5, 5.41) is 17.8. The Morgan fingerprint density at radius 2 is 1.72 bits per heavy atom. The highest BCUT2D eigenvalue weighted by Crippen LogP contribution is 2.20. The number of esters is 1. The van der Waals surface area contributed by atoms with Crippen LogP contribution in [0.15, 0.2) is 35.4 Å². The summed E-state index contributed by atoms with van der Waals surface area (Å²) in [4.78, 5) is 13.7. The van der Waals surface area contributed by atoms with Gasteiger partial charge in [-0.05, 0) is 30.5 Å². The summed E-state index contributed by atoms with van der Waals surface area (Å²) < 4.78 is 40.7. The van der Waals surface area contributed by atoms with Gasteiger partial charge in [0.05, 0.1) is 5.57 Å². The van der Waals surface area contributed by atoms with E-state index in [1.807, 2.05) is 31.1 Å². The van der Waals surface area contributed by atoms with Gasteiger partial charge in [-0.3, -0.25) is 0 Å². The predicted molar refractivity (Wildman–Crippen MR) is 84.4 cm³/mol. The Hall–Kier alpha value is -3.00. The Kier molecular flexibility index (Phi) is 7.01. The fourth-order valence-electron chi connectivity index (χ4n) is 1.95. The largest absolute Gasteiger partial charge is 0.453 e. The number of carbonyl (C=O) groups excluding carboxylic acids is 1. The standard InChI is InChI=1S/C17H16F3N3O2/c1-23(2)14-6-3-12(4-7-14)5-8-15(13(9-21)10-22)16(24)25-11-17(18,19)20/h3-4,6-7H,5,8,11H2,1-2H3. The summed E-state index contributed by atoms with van der Waals surface area (Å²) in [6.45, 7) is -1.77. The molecule has 0 aliphatic carbocycles. The molecule has 0 heterocycles. The third-order valence-electron chi connectivity index (χ3n) is 3.26. The van der Waals surface area contributed by atoms with Crippen LogP contribution in [0.2, 0.25) is 0 Å². The number of hydrogen-bond donors (Lipinski definition) is 0. The Morgan fingerprint density at radius 3 is 2.16 bits per heavy atom. The number of anilines is 1. The van der Waals surface area contributed by atoms with E-state index in [1.54, 1.807) is 12.1 Å². The van der Waals surface area contributed by atoms with E-state index < -0.39 is 24.3 Å². The molecule has 0 radical (unpaired) electrons. The van der Waals surface area contributed by atoms with E-state index in [4.69, 9.17) is 10.5 Å². The molecular formula is C17H16F3N3O2. The van der Waals surface area contributed by atoms with Crippen molar-refractivity contribution in [1.29, 1.82) is 10.5 Å². The van der Waals surface area contributed by atoms with E-state index in [9.17, 15) is 18.0 Å². The van der Waals surface area contributed by atoms with Crippen LogP contribution in [0.5, 0.6) is 0 Å². The average Bonchev–Trinajstić information content (AvgIpc) is 2.56. The van der Waals surface area contributed by atoms with Gasteiger partial charge in [-0.2, -0.15) is 23.7 Å². The molecule has 0 unspecified atom stereocenters. The SMILES string of the molecule is CN(C)c1ccc(CCC(C(=O)OCC(F)(F)F)=C(C#N)C#N)cc1. The van der Waals surface area contributed by atoms with Crippen molar-refractivity contribution < 1.29 is 22.7 Å². The molecule has 1 aromatic rings. The van der Waals surface area contributed by atoms with Gasteiger partial charge in [-0.1, -0.05) is 12.1 Å². The number of ether oxygens (including phenoxy) is 1. The molecule has 8 heteroatoms. The maximum absolute atomic E-state index is 12.2. The molecule has 25 heavy (non-hydrogen) atoms. The van der Waals surface area contributed by atoms with Crippen molar-refractivity contribution in [3.05, 3.63) is 41.0 Å². The first-order chi connectivity index (χ1) is 11.7. The summed E-state index contributed by atoms with van der Waals surface area (Å²) in [5.41, 5.74) is 0.865. The number of allylic oxidation sites excluding steroid dienone is 1. The van der Waals surface area contributed by atoms with Crippen LogP contribution in [0.4, 0.5) is 18.9 Å². The molecule has 132 valence electrons. The van der Waals surface area contributed by atoms with Crippen molar-refractivity contribution in [3.8, 4) is 12.1 Å². The fourth-order valence-corrected chi connectivity index (χ4v) is 1.95. The maximum Gasteiger partial charge on any atom is 0.422 e. The van der Waals surface area contributed by atoms with Crippen molar-refractivity contribution in [3.63, 3.8) is 0 Å². The van der Waals surface area contributed by atoms with Gasteiger partial charge in [0.25, 0.3) is 0 Å². The highest BCUT2D eigenvalue weighted by molar-refractivity contribution is 5.91. The van der Waals surface area contributed by atoms with Crippen molar-refractivity contribution in [2.75, 3.05) is 25.6 Å². The normalized spacial score (nSPS) is 10.4. The third-order valence-corrected chi connectivity index (χ3v) is 3.26. The first kappa shape index (κ1) is 20.0. The fraction of sp³-hybridized carbons (Fsp3) is 0.353. The van der Waals surface area contributed by atoms with Crippen molar-refractivity contribution in [2.45, 2.75) is 19.0 Å². The lowest BCUT2D eigenvalue weighted by molar-refractivity contribution is -0.183. The van der Waals surface area contributed by atoms with Gasteiger partial charge in [0, 0.05) is 19.8 Å². The average molecular weight is 351 g/mol. The van der Waals surface area contributed by atoms with Crippen molar-refractivity contribution >= 4 is 11.7 Å². The van der Waals surface area contributed by atoms with Crippen molar-refractivity contribution in [2.24, 2.45) is 0 Å². The summed E-state index contributed by atoms with van der Waals surface area (Å²) in [5.74, 6) is -1.31.